The van der Waals surface area contributed by atoms with E-state index in [2.05, 4.69) is 47.8 Å². The van der Waals surface area contributed by atoms with E-state index in [0.29, 0.717) is 6.61 Å². The molecule has 0 aliphatic rings. The van der Waals surface area contributed by atoms with Crippen molar-refractivity contribution in [2.75, 3.05) is 7.11 Å². The highest BCUT2D eigenvalue weighted by atomic mass is 79.9. The minimum Gasteiger partial charge on any atom is -0.493 e. The average molecular weight is 465 g/mol. The van der Waals surface area contributed by atoms with Crippen molar-refractivity contribution in [2.45, 2.75) is 11.9 Å². The summed E-state index contributed by atoms with van der Waals surface area (Å²) in [5.74, 6) is 1.45. The molecule has 5 heteroatoms. The highest BCUT2D eigenvalue weighted by Crippen LogP contribution is 2.37. The van der Waals surface area contributed by atoms with Crippen LogP contribution in [0.5, 0.6) is 11.5 Å². The topological polar surface area (TPSA) is 18.5 Å². The molecule has 2 nitrogen and oxygen atoms in total. The van der Waals surface area contributed by atoms with Crippen molar-refractivity contribution in [3.8, 4) is 11.5 Å². The summed E-state index contributed by atoms with van der Waals surface area (Å²) in [7, 11) is 1.65. The first kappa shape index (κ1) is 15.9. The van der Waals surface area contributed by atoms with Crippen LogP contribution in [0, 0.1) is 0 Å². The fraction of sp³-hybridized carbons (Fsp3) is 0.200. The Morgan fingerprint density at radius 3 is 2.30 bits per heavy atom. The lowest BCUT2D eigenvalue weighted by atomic mass is 10.2. The molecule has 0 aromatic heterocycles. The minimum atomic E-state index is 0.496. The van der Waals surface area contributed by atoms with E-state index in [1.165, 1.54) is 0 Å². The second kappa shape index (κ2) is 7.48. The summed E-state index contributed by atoms with van der Waals surface area (Å²) >= 11 is 10.4. The van der Waals surface area contributed by atoms with Crippen LogP contribution in [0.1, 0.15) is 11.1 Å². The van der Waals surface area contributed by atoms with Crippen LogP contribution in [0.3, 0.4) is 0 Å². The van der Waals surface area contributed by atoms with Gasteiger partial charge >= 0.3 is 0 Å². The molecule has 0 unspecified atom stereocenters. The van der Waals surface area contributed by atoms with Gasteiger partial charge < -0.3 is 9.47 Å². The summed E-state index contributed by atoms with van der Waals surface area (Å²) in [4.78, 5) is 0. The van der Waals surface area contributed by atoms with Crippen molar-refractivity contribution in [3.05, 3.63) is 56.5 Å². The molecule has 0 saturated heterocycles. The summed E-state index contributed by atoms with van der Waals surface area (Å²) in [6, 6.07) is 12.0. The number of methoxy groups -OCH3 is 1. The van der Waals surface area contributed by atoms with Crippen molar-refractivity contribution in [2.24, 2.45) is 0 Å². The quantitative estimate of drug-likeness (QED) is 0.529. The zero-order chi connectivity index (χ0) is 14.5. The molecule has 106 valence electrons. The molecule has 0 heterocycles. The van der Waals surface area contributed by atoms with E-state index in [1.807, 2.05) is 36.4 Å². The van der Waals surface area contributed by atoms with E-state index in [9.17, 15) is 0 Å². The lowest BCUT2D eigenvalue weighted by Gasteiger charge is -2.14. The fourth-order valence-electron chi connectivity index (χ4n) is 1.73. The number of rotatable bonds is 5. The highest BCUT2D eigenvalue weighted by Gasteiger charge is 2.11. The third-order valence-electron chi connectivity index (χ3n) is 2.74. The smallest absolute Gasteiger partial charge is 0.175 e. The van der Waals surface area contributed by atoms with Gasteiger partial charge in [-0.2, -0.15) is 0 Å². The van der Waals surface area contributed by atoms with Gasteiger partial charge in [0, 0.05) is 9.80 Å². The minimum absolute atomic E-state index is 0.496. The zero-order valence-corrected chi connectivity index (χ0v) is 15.6. The predicted octanol–water partition coefficient (Wildman–Crippen LogP) is 5.69. The van der Waals surface area contributed by atoms with Crippen LogP contribution in [-0.4, -0.2) is 7.11 Å². The Labute approximate surface area is 143 Å². The molecule has 0 aliphatic carbocycles. The van der Waals surface area contributed by atoms with Gasteiger partial charge in [0.25, 0.3) is 0 Å². The highest BCUT2D eigenvalue weighted by molar-refractivity contribution is 9.11. The molecule has 0 spiro atoms. The molecular formula is C15H13Br3O2. The summed E-state index contributed by atoms with van der Waals surface area (Å²) in [6.07, 6.45) is 0. The van der Waals surface area contributed by atoms with E-state index < -0.39 is 0 Å². The van der Waals surface area contributed by atoms with Crippen molar-refractivity contribution >= 4 is 47.8 Å². The number of hydrogen-bond donors (Lipinski definition) is 0. The normalized spacial score (nSPS) is 10.4. The van der Waals surface area contributed by atoms with Crippen LogP contribution in [0.2, 0.25) is 0 Å². The number of ether oxygens (including phenoxy) is 2. The predicted molar refractivity (Wildman–Crippen MR) is 91.8 cm³/mol. The molecule has 0 fully saturated rings. The molecule has 0 radical (unpaired) electrons. The van der Waals surface area contributed by atoms with Gasteiger partial charge in [-0.3, -0.25) is 0 Å². The molecule has 0 bridgehead atoms. The van der Waals surface area contributed by atoms with Crippen molar-refractivity contribution in [3.63, 3.8) is 0 Å². The zero-order valence-electron chi connectivity index (χ0n) is 10.8. The van der Waals surface area contributed by atoms with Gasteiger partial charge in [-0.1, -0.05) is 44.0 Å². The van der Waals surface area contributed by atoms with E-state index in [1.54, 1.807) is 7.11 Å². The average Bonchev–Trinajstić information content (AvgIpc) is 2.47. The Morgan fingerprint density at radius 1 is 1.00 bits per heavy atom. The van der Waals surface area contributed by atoms with Crippen LogP contribution >= 0.6 is 47.8 Å². The monoisotopic (exact) mass is 462 g/mol. The van der Waals surface area contributed by atoms with Gasteiger partial charge in [0.05, 0.1) is 11.6 Å². The lowest BCUT2D eigenvalue weighted by molar-refractivity contribution is 0.282. The Bertz CT molecular complexity index is 582. The summed E-state index contributed by atoms with van der Waals surface area (Å²) in [5, 5.41) is 0.773. The first-order valence-corrected chi connectivity index (χ1v) is 8.64. The summed E-state index contributed by atoms with van der Waals surface area (Å²) in [5.41, 5.74) is 2.23. The molecule has 20 heavy (non-hydrogen) atoms. The standard InChI is InChI=1S/C15H13Br3O2/c1-19-14-7-11(8-16)6-13(18)15(14)20-9-10-2-4-12(17)5-3-10/h2-7H,8-9H2,1H3. The largest absolute Gasteiger partial charge is 0.493 e. The number of hydrogen-bond acceptors (Lipinski definition) is 2. The third kappa shape index (κ3) is 3.99. The van der Waals surface area contributed by atoms with Crippen molar-refractivity contribution in [1.29, 1.82) is 0 Å². The van der Waals surface area contributed by atoms with Gasteiger partial charge in [-0.05, 0) is 51.3 Å². The van der Waals surface area contributed by atoms with Crippen LogP contribution in [0.15, 0.2) is 45.3 Å². The Kier molecular flexibility index (Phi) is 5.93. The maximum absolute atomic E-state index is 5.88. The van der Waals surface area contributed by atoms with Gasteiger partial charge in [0.1, 0.15) is 6.61 Å². The molecule has 2 aromatic rings. The van der Waals surface area contributed by atoms with Crippen molar-refractivity contribution < 1.29 is 9.47 Å². The first-order valence-electron chi connectivity index (χ1n) is 5.93. The molecule has 0 saturated carbocycles. The molecule has 0 amide bonds. The Morgan fingerprint density at radius 2 is 1.70 bits per heavy atom. The number of alkyl halides is 1. The molecule has 0 N–H and O–H groups in total. The lowest BCUT2D eigenvalue weighted by Crippen LogP contribution is -1.99. The van der Waals surface area contributed by atoms with E-state index in [4.69, 9.17) is 9.47 Å². The van der Waals surface area contributed by atoms with E-state index in [0.717, 1.165) is 36.9 Å². The molecule has 0 aliphatic heterocycles. The molecule has 0 atom stereocenters. The maximum Gasteiger partial charge on any atom is 0.175 e. The Balaban J connectivity index is 2.18. The van der Waals surface area contributed by atoms with E-state index >= 15 is 0 Å². The first-order chi connectivity index (χ1) is 9.63. The van der Waals surface area contributed by atoms with Crippen molar-refractivity contribution in [1.82, 2.24) is 0 Å². The van der Waals surface area contributed by atoms with Gasteiger partial charge in [-0.25, -0.2) is 0 Å². The van der Waals surface area contributed by atoms with Crippen LogP contribution in [0.4, 0.5) is 0 Å². The SMILES string of the molecule is COc1cc(CBr)cc(Br)c1OCc1ccc(Br)cc1. The summed E-state index contributed by atoms with van der Waals surface area (Å²) in [6.45, 7) is 0.496. The van der Waals surface area contributed by atoms with Gasteiger partial charge in [0.2, 0.25) is 0 Å². The molecule has 2 aromatic carbocycles. The Hall–Kier alpha value is -0.520. The summed E-state index contributed by atoms with van der Waals surface area (Å²) < 4.78 is 13.2. The van der Waals surface area contributed by atoms with Crippen LogP contribution < -0.4 is 9.47 Å². The number of benzene rings is 2. The van der Waals surface area contributed by atoms with Crippen LogP contribution in [0.25, 0.3) is 0 Å². The van der Waals surface area contributed by atoms with Crippen LogP contribution in [-0.2, 0) is 11.9 Å². The van der Waals surface area contributed by atoms with Gasteiger partial charge in [0.15, 0.2) is 11.5 Å². The fourth-order valence-corrected chi connectivity index (χ4v) is 2.92. The second-order valence-electron chi connectivity index (χ2n) is 4.16. The van der Waals surface area contributed by atoms with Gasteiger partial charge in [-0.15, -0.1) is 0 Å². The third-order valence-corrected chi connectivity index (χ3v) is 4.51. The second-order valence-corrected chi connectivity index (χ2v) is 6.49. The maximum atomic E-state index is 5.88. The molecule has 2 rings (SSSR count). The molecular weight excluding hydrogens is 452 g/mol. The number of halogens is 3. The van der Waals surface area contributed by atoms with E-state index in [-0.39, 0.29) is 0 Å².